The van der Waals surface area contributed by atoms with Gasteiger partial charge in [-0.1, -0.05) is 6.92 Å². The maximum absolute atomic E-state index is 5.15. The Morgan fingerprint density at radius 2 is 2.06 bits per heavy atom. The summed E-state index contributed by atoms with van der Waals surface area (Å²) < 4.78 is 5.15. The Labute approximate surface area is 102 Å². The van der Waals surface area contributed by atoms with Crippen LogP contribution in [0.1, 0.15) is 18.3 Å². The summed E-state index contributed by atoms with van der Waals surface area (Å²) in [6, 6.07) is 8.03. The van der Waals surface area contributed by atoms with E-state index in [0.717, 1.165) is 28.9 Å². The van der Waals surface area contributed by atoms with E-state index in [1.165, 1.54) is 0 Å². The molecule has 0 bridgehead atoms. The maximum Gasteiger partial charge on any atom is 0.213 e. The van der Waals surface area contributed by atoms with E-state index in [9.17, 15) is 0 Å². The first kappa shape index (κ1) is 11.6. The highest BCUT2D eigenvalue weighted by Crippen LogP contribution is 2.25. The molecule has 2 aromatic rings. The van der Waals surface area contributed by atoms with Gasteiger partial charge in [-0.05, 0) is 37.1 Å². The zero-order chi connectivity index (χ0) is 12.3. The topological polar surface area (TPSA) is 35.0 Å². The monoisotopic (exact) mass is 228 g/mol. The van der Waals surface area contributed by atoms with Crippen LogP contribution in [0.2, 0.25) is 0 Å². The Kier molecular flexibility index (Phi) is 3.38. The molecule has 0 saturated heterocycles. The standard InChI is InChI=1S/C14H16N2O/c1-4-13-12(5-6-14(16-13)17-3)11-7-8-15-10(2)9-11/h5-9H,4H2,1-3H3. The quantitative estimate of drug-likeness (QED) is 0.810. The van der Waals surface area contributed by atoms with Gasteiger partial charge in [0, 0.05) is 23.5 Å². The van der Waals surface area contributed by atoms with Gasteiger partial charge >= 0.3 is 0 Å². The highest BCUT2D eigenvalue weighted by molar-refractivity contribution is 5.66. The fourth-order valence-corrected chi connectivity index (χ4v) is 1.84. The molecule has 17 heavy (non-hydrogen) atoms. The van der Waals surface area contributed by atoms with E-state index in [4.69, 9.17) is 4.74 Å². The number of hydrogen-bond donors (Lipinski definition) is 0. The summed E-state index contributed by atoms with van der Waals surface area (Å²) in [5.74, 6) is 0.663. The van der Waals surface area contributed by atoms with Crippen LogP contribution in [0.5, 0.6) is 5.88 Å². The van der Waals surface area contributed by atoms with Crippen molar-refractivity contribution in [2.24, 2.45) is 0 Å². The van der Waals surface area contributed by atoms with E-state index in [-0.39, 0.29) is 0 Å². The summed E-state index contributed by atoms with van der Waals surface area (Å²) in [4.78, 5) is 8.68. The normalized spacial score (nSPS) is 10.3. The first-order valence-electron chi connectivity index (χ1n) is 5.71. The van der Waals surface area contributed by atoms with Crippen LogP contribution in [0.4, 0.5) is 0 Å². The smallest absolute Gasteiger partial charge is 0.213 e. The molecule has 0 aliphatic carbocycles. The molecule has 0 saturated carbocycles. The van der Waals surface area contributed by atoms with Crippen molar-refractivity contribution in [2.45, 2.75) is 20.3 Å². The summed E-state index contributed by atoms with van der Waals surface area (Å²) in [5, 5.41) is 0. The van der Waals surface area contributed by atoms with Gasteiger partial charge in [0.25, 0.3) is 0 Å². The van der Waals surface area contributed by atoms with E-state index in [1.807, 2.05) is 25.3 Å². The van der Waals surface area contributed by atoms with Gasteiger partial charge in [0.1, 0.15) is 0 Å². The molecule has 2 aromatic heterocycles. The average molecular weight is 228 g/mol. The van der Waals surface area contributed by atoms with E-state index in [1.54, 1.807) is 7.11 Å². The van der Waals surface area contributed by atoms with Gasteiger partial charge in [0.05, 0.1) is 12.8 Å². The minimum absolute atomic E-state index is 0.663. The summed E-state index contributed by atoms with van der Waals surface area (Å²) in [6.07, 6.45) is 2.71. The van der Waals surface area contributed by atoms with Crippen molar-refractivity contribution in [1.82, 2.24) is 9.97 Å². The first-order chi connectivity index (χ1) is 8.24. The largest absolute Gasteiger partial charge is 0.481 e. The second kappa shape index (κ2) is 4.95. The predicted molar refractivity (Wildman–Crippen MR) is 68.1 cm³/mol. The van der Waals surface area contributed by atoms with Crippen LogP contribution < -0.4 is 4.74 Å². The summed E-state index contributed by atoms with van der Waals surface area (Å²) in [7, 11) is 1.64. The Morgan fingerprint density at radius 3 is 2.71 bits per heavy atom. The Balaban J connectivity index is 2.51. The number of nitrogens with zero attached hydrogens (tertiary/aromatic N) is 2. The van der Waals surface area contributed by atoms with Crippen molar-refractivity contribution in [1.29, 1.82) is 0 Å². The molecule has 3 nitrogen and oxygen atoms in total. The molecule has 0 unspecified atom stereocenters. The molecule has 0 aromatic carbocycles. The van der Waals surface area contributed by atoms with Crippen LogP contribution in [0, 0.1) is 6.92 Å². The lowest BCUT2D eigenvalue weighted by atomic mass is 10.0. The lowest BCUT2D eigenvalue weighted by Crippen LogP contribution is -1.96. The average Bonchev–Trinajstić information content (AvgIpc) is 2.38. The molecule has 0 N–H and O–H groups in total. The highest BCUT2D eigenvalue weighted by Gasteiger charge is 2.07. The molecular weight excluding hydrogens is 212 g/mol. The Hall–Kier alpha value is -1.90. The number of methoxy groups -OCH3 is 1. The molecule has 2 rings (SSSR count). The molecule has 88 valence electrons. The molecule has 0 radical (unpaired) electrons. The lowest BCUT2D eigenvalue weighted by molar-refractivity contribution is 0.396. The molecule has 3 heteroatoms. The number of pyridine rings is 2. The number of aromatic nitrogens is 2. The third-order valence-corrected chi connectivity index (χ3v) is 2.70. The molecule has 0 spiro atoms. The van der Waals surface area contributed by atoms with Gasteiger partial charge in [0.2, 0.25) is 5.88 Å². The van der Waals surface area contributed by atoms with Crippen molar-refractivity contribution >= 4 is 0 Å². The number of ether oxygens (including phenoxy) is 1. The predicted octanol–water partition coefficient (Wildman–Crippen LogP) is 3.02. The third-order valence-electron chi connectivity index (χ3n) is 2.70. The minimum atomic E-state index is 0.663. The van der Waals surface area contributed by atoms with Crippen LogP contribution in [0.25, 0.3) is 11.1 Å². The van der Waals surface area contributed by atoms with Crippen molar-refractivity contribution in [3.8, 4) is 17.0 Å². The molecular formula is C14H16N2O. The summed E-state index contributed by atoms with van der Waals surface area (Å²) in [5.41, 5.74) is 4.37. The van der Waals surface area contributed by atoms with Crippen molar-refractivity contribution in [2.75, 3.05) is 7.11 Å². The van der Waals surface area contributed by atoms with Crippen molar-refractivity contribution < 1.29 is 4.74 Å². The Bertz CT molecular complexity index is 523. The third kappa shape index (κ3) is 2.44. The van der Waals surface area contributed by atoms with Crippen LogP contribution in [0.3, 0.4) is 0 Å². The van der Waals surface area contributed by atoms with Gasteiger partial charge < -0.3 is 4.74 Å². The SMILES string of the molecule is CCc1nc(OC)ccc1-c1ccnc(C)c1. The van der Waals surface area contributed by atoms with Crippen LogP contribution in [-0.2, 0) is 6.42 Å². The fourth-order valence-electron chi connectivity index (χ4n) is 1.84. The summed E-state index contributed by atoms with van der Waals surface area (Å²) >= 11 is 0. The number of aryl methyl sites for hydroxylation is 2. The van der Waals surface area contributed by atoms with Crippen LogP contribution in [-0.4, -0.2) is 17.1 Å². The minimum Gasteiger partial charge on any atom is -0.481 e. The Morgan fingerprint density at radius 1 is 1.24 bits per heavy atom. The number of rotatable bonds is 3. The van der Waals surface area contributed by atoms with E-state index in [2.05, 4.69) is 29.0 Å². The number of hydrogen-bond acceptors (Lipinski definition) is 3. The first-order valence-corrected chi connectivity index (χ1v) is 5.71. The van der Waals surface area contributed by atoms with Gasteiger partial charge in [-0.25, -0.2) is 4.98 Å². The molecule has 0 amide bonds. The van der Waals surface area contributed by atoms with Gasteiger partial charge in [-0.2, -0.15) is 0 Å². The second-order valence-electron chi connectivity index (χ2n) is 3.89. The fraction of sp³-hybridized carbons (Fsp3) is 0.286. The van der Waals surface area contributed by atoms with Crippen molar-refractivity contribution in [3.05, 3.63) is 41.9 Å². The summed E-state index contributed by atoms with van der Waals surface area (Å²) in [6.45, 7) is 4.09. The maximum atomic E-state index is 5.15. The van der Waals surface area contributed by atoms with Gasteiger partial charge in [-0.3, -0.25) is 4.98 Å². The lowest BCUT2D eigenvalue weighted by Gasteiger charge is -2.09. The highest BCUT2D eigenvalue weighted by atomic mass is 16.5. The van der Waals surface area contributed by atoms with Crippen LogP contribution in [0.15, 0.2) is 30.5 Å². The van der Waals surface area contributed by atoms with E-state index < -0.39 is 0 Å². The molecule has 0 atom stereocenters. The van der Waals surface area contributed by atoms with Crippen molar-refractivity contribution in [3.63, 3.8) is 0 Å². The second-order valence-corrected chi connectivity index (χ2v) is 3.89. The molecule has 2 heterocycles. The molecule has 0 aliphatic rings. The zero-order valence-electron chi connectivity index (χ0n) is 10.4. The molecule has 0 fully saturated rings. The zero-order valence-corrected chi connectivity index (χ0v) is 10.4. The van der Waals surface area contributed by atoms with E-state index in [0.29, 0.717) is 5.88 Å². The van der Waals surface area contributed by atoms with E-state index >= 15 is 0 Å². The van der Waals surface area contributed by atoms with Gasteiger partial charge in [-0.15, -0.1) is 0 Å². The van der Waals surface area contributed by atoms with Crippen LogP contribution >= 0.6 is 0 Å². The molecule has 0 aliphatic heterocycles. The van der Waals surface area contributed by atoms with Gasteiger partial charge in [0.15, 0.2) is 0 Å².